The van der Waals surface area contributed by atoms with Gasteiger partial charge < -0.3 is 15.0 Å². The first-order valence-electron chi connectivity index (χ1n) is 10.7. The van der Waals surface area contributed by atoms with E-state index in [1.165, 1.54) is 34.8 Å². The molecule has 0 aliphatic carbocycles. The van der Waals surface area contributed by atoms with Crippen molar-refractivity contribution in [3.05, 3.63) is 47.0 Å². The lowest BCUT2D eigenvalue weighted by Gasteiger charge is -2.26. The van der Waals surface area contributed by atoms with Crippen LogP contribution < -0.4 is 15.6 Å². The second-order valence-corrected chi connectivity index (χ2v) is 7.79. The number of piperidine rings is 1. The highest BCUT2D eigenvalue weighted by Gasteiger charge is 2.13. The first kappa shape index (κ1) is 21.0. The third-order valence-corrected chi connectivity index (χ3v) is 5.59. The van der Waals surface area contributed by atoms with Crippen LogP contribution in [0.5, 0.6) is 5.75 Å². The Labute approximate surface area is 180 Å². The first-order chi connectivity index (χ1) is 15.1. The number of aromatic nitrogens is 4. The van der Waals surface area contributed by atoms with Crippen molar-refractivity contribution in [3.8, 4) is 17.0 Å². The van der Waals surface area contributed by atoms with Crippen molar-refractivity contribution < 1.29 is 9.53 Å². The molecule has 9 nitrogen and oxygen atoms in total. The Balaban J connectivity index is 1.37. The molecule has 1 aromatic carbocycles. The fourth-order valence-corrected chi connectivity index (χ4v) is 3.86. The van der Waals surface area contributed by atoms with Crippen LogP contribution in [0.2, 0.25) is 0 Å². The van der Waals surface area contributed by atoms with Crippen LogP contribution in [-0.2, 0) is 11.3 Å². The van der Waals surface area contributed by atoms with Gasteiger partial charge in [-0.2, -0.15) is 10.2 Å². The number of fused-ring (bicyclic) bond motifs is 1. The molecule has 2 aromatic heterocycles. The van der Waals surface area contributed by atoms with Crippen molar-refractivity contribution in [1.29, 1.82) is 0 Å². The molecule has 0 spiro atoms. The van der Waals surface area contributed by atoms with E-state index in [-0.39, 0.29) is 18.0 Å². The van der Waals surface area contributed by atoms with Gasteiger partial charge in [-0.15, -0.1) is 0 Å². The van der Waals surface area contributed by atoms with Gasteiger partial charge in [-0.3, -0.25) is 9.59 Å². The Morgan fingerprint density at radius 2 is 1.94 bits per heavy atom. The molecule has 31 heavy (non-hydrogen) atoms. The third-order valence-electron chi connectivity index (χ3n) is 5.59. The molecule has 0 unspecified atom stereocenters. The molecular weight excluding hydrogens is 396 g/mol. The smallest absolute Gasteiger partial charge is 0.293 e. The highest BCUT2D eigenvalue weighted by atomic mass is 16.5. The number of amides is 1. The molecule has 1 N–H and O–H groups in total. The maximum Gasteiger partial charge on any atom is 0.293 e. The van der Waals surface area contributed by atoms with Crippen LogP contribution in [0.3, 0.4) is 0 Å². The van der Waals surface area contributed by atoms with Gasteiger partial charge in [0.1, 0.15) is 24.1 Å². The maximum atomic E-state index is 12.8. The van der Waals surface area contributed by atoms with Crippen molar-refractivity contribution in [2.75, 3.05) is 33.3 Å². The summed E-state index contributed by atoms with van der Waals surface area (Å²) >= 11 is 0. The Bertz CT molecular complexity index is 1080. The SMILES string of the molecule is COc1ccc(-c2cc3c(=O)n(CC(=O)NCCCN4CCCCC4)ncn3n2)cc1. The summed E-state index contributed by atoms with van der Waals surface area (Å²) in [6.07, 6.45) is 6.20. The number of hydrogen-bond acceptors (Lipinski definition) is 6. The molecule has 4 rings (SSSR count). The van der Waals surface area contributed by atoms with Crippen LogP contribution in [0.1, 0.15) is 25.7 Å². The summed E-state index contributed by atoms with van der Waals surface area (Å²) in [7, 11) is 1.61. The van der Waals surface area contributed by atoms with Gasteiger partial charge in [-0.25, -0.2) is 9.20 Å². The quantitative estimate of drug-likeness (QED) is 0.552. The van der Waals surface area contributed by atoms with E-state index in [0.29, 0.717) is 17.8 Å². The number of benzene rings is 1. The van der Waals surface area contributed by atoms with E-state index in [1.807, 2.05) is 24.3 Å². The van der Waals surface area contributed by atoms with E-state index in [1.54, 1.807) is 13.2 Å². The molecular formula is C22H28N6O3. The van der Waals surface area contributed by atoms with E-state index >= 15 is 0 Å². The van der Waals surface area contributed by atoms with Crippen molar-refractivity contribution in [2.45, 2.75) is 32.2 Å². The molecule has 1 aliphatic heterocycles. The molecule has 9 heteroatoms. The van der Waals surface area contributed by atoms with E-state index in [2.05, 4.69) is 20.4 Å². The second-order valence-electron chi connectivity index (χ2n) is 7.79. The monoisotopic (exact) mass is 424 g/mol. The second kappa shape index (κ2) is 9.74. The zero-order valence-corrected chi connectivity index (χ0v) is 17.8. The molecule has 3 heterocycles. The normalized spacial score (nSPS) is 14.6. The summed E-state index contributed by atoms with van der Waals surface area (Å²) < 4.78 is 7.79. The van der Waals surface area contributed by atoms with Crippen LogP contribution in [0, 0.1) is 0 Å². The number of nitrogens with one attached hydrogen (secondary N) is 1. The van der Waals surface area contributed by atoms with E-state index in [0.717, 1.165) is 37.4 Å². The van der Waals surface area contributed by atoms with Crippen LogP contribution in [0.4, 0.5) is 0 Å². The third kappa shape index (κ3) is 5.11. The zero-order chi connectivity index (χ0) is 21.6. The largest absolute Gasteiger partial charge is 0.497 e. The van der Waals surface area contributed by atoms with Crippen LogP contribution in [0.25, 0.3) is 16.8 Å². The molecule has 1 amide bonds. The summed E-state index contributed by atoms with van der Waals surface area (Å²) in [6.45, 7) is 3.78. The van der Waals surface area contributed by atoms with E-state index in [9.17, 15) is 9.59 Å². The zero-order valence-electron chi connectivity index (χ0n) is 17.8. The topological polar surface area (TPSA) is 93.8 Å². The van der Waals surface area contributed by atoms with Crippen molar-refractivity contribution >= 4 is 11.4 Å². The minimum absolute atomic E-state index is 0.109. The molecule has 1 saturated heterocycles. The van der Waals surface area contributed by atoms with E-state index < -0.39 is 0 Å². The van der Waals surface area contributed by atoms with Gasteiger partial charge in [0.05, 0.1) is 12.8 Å². The first-order valence-corrected chi connectivity index (χ1v) is 10.7. The number of likely N-dealkylation sites (tertiary alicyclic amines) is 1. The molecule has 1 fully saturated rings. The molecule has 0 saturated carbocycles. The molecule has 0 radical (unpaired) electrons. The van der Waals surface area contributed by atoms with E-state index in [4.69, 9.17) is 4.74 Å². The lowest BCUT2D eigenvalue weighted by atomic mass is 10.1. The summed E-state index contributed by atoms with van der Waals surface area (Å²) in [5.74, 6) is 0.533. The van der Waals surface area contributed by atoms with Gasteiger partial charge >= 0.3 is 0 Å². The predicted molar refractivity (Wildman–Crippen MR) is 117 cm³/mol. The molecule has 0 atom stereocenters. The average Bonchev–Trinajstić information content (AvgIpc) is 3.25. The summed E-state index contributed by atoms with van der Waals surface area (Å²) in [6, 6.07) is 9.14. The van der Waals surface area contributed by atoms with Crippen molar-refractivity contribution in [3.63, 3.8) is 0 Å². The number of carbonyl (C=O) groups is 1. The predicted octanol–water partition coefficient (Wildman–Crippen LogP) is 1.56. The van der Waals surface area contributed by atoms with Crippen LogP contribution >= 0.6 is 0 Å². The highest BCUT2D eigenvalue weighted by Crippen LogP contribution is 2.21. The highest BCUT2D eigenvalue weighted by molar-refractivity contribution is 5.75. The van der Waals surface area contributed by atoms with Crippen molar-refractivity contribution in [1.82, 2.24) is 29.6 Å². The van der Waals surface area contributed by atoms with Crippen LogP contribution in [0.15, 0.2) is 41.5 Å². The lowest BCUT2D eigenvalue weighted by molar-refractivity contribution is -0.121. The lowest BCUT2D eigenvalue weighted by Crippen LogP contribution is -2.36. The van der Waals surface area contributed by atoms with Gasteiger partial charge in [0, 0.05) is 12.1 Å². The summed E-state index contributed by atoms with van der Waals surface area (Å²) in [4.78, 5) is 27.5. The van der Waals surface area contributed by atoms with Crippen LogP contribution in [-0.4, -0.2) is 63.5 Å². The molecule has 164 valence electrons. The standard InChI is InChI=1S/C22H28N6O3/c1-31-18-8-6-17(7-9-18)19-14-20-22(30)27(24-16-28(20)25-19)15-21(29)23-10-5-13-26-11-3-2-4-12-26/h6-9,14,16H,2-5,10-13,15H2,1H3,(H,23,29). The average molecular weight is 425 g/mol. The van der Waals surface area contributed by atoms with Crippen molar-refractivity contribution in [2.24, 2.45) is 0 Å². The summed E-state index contributed by atoms with van der Waals surface area (Å²) in [5, 5.41) is 11.4. The number of ether oxygens (including phenoxy) is 1. The Kier molecular flexibility index (Phi) is 6.61. The molecule has 0 bridgehead atoms. The Morgan fingerprint density at radius 1 is 1.16 bits per heavy atom. The van der Waals surface area contributed by atoms with Gasteiger partial charge in [-0.1, -0.05) is 6.42 Å². The fourth-order valence-electron chi connectivity index (χ4n) is 3.86. The minimum Gasteiger partial charge on any atom is -0.497 e. The number of methoxy groups -OCH3 is 1. The number of nitrogens with zero attached hydrogens (tertiary/aromatic N) is 5. The van der Waals surface area contributed by atoms with Gasteiger partial charge in [0.2, 0.25) is 5.91 Å². The fraction of sp³-hybridized carbons (Fsp3) is 0.455. The number of rotatable bonds is 8. The molecule has 3 aromatic rings. The Morgan fingerprint density at radius 3 is 2.68 bits per heavy atom. The van der Waals surface area contributed by atoms with Gasteiger partial charge in [0.15, 0.2) is 0 Å². The van der Waals surface area contributed by atoms with Gasteiger partial charge in [-0.05, 0) is 69.2 Å². The van der Waals surface area contributed by atoms with Gasteiger partial charge in [0.25, 0.3) is 5.56 Å². The molecule has 1 aliphatic rings. The Hall–Kier alpha value is -3.20. The number of carbonyl (C=O) groups excluding carboxylic acids is 1. The summed E-state index contributed by atoms with van der Waals surface area (Å²) in [5.41, 5.74) is 1.54. The maximum absolute atomic E-state index is 12.8. The minimum atomic E-state index is -0.349. The number of hydrogen-bond donors (Lipinski definition) is 1.